The fraction of sp³-hybridized carbons (Fsp3) is 0.273. The highest BCUT2D eigenvalue weighted by molar-refractivity contribution is 5.96. The molecular weight excluding hydrogens is 352 g/mol. The molecule has 1 aromatic carbocycles. The third kappa shape index (κ3) is 2.91. The van der Waals surface area contributed by atoms with Gasteiger partial charge in [-0.2, -0.15) is 5.10 Å². The molecule has 0 radical (unpaired) electrons. The van der Waals surface area contributed by atoms with E-state index in [-0.39, 0.29) is 5.56 Å². The summed E-state index contributed by atoms with van der Waals surface area (Å²) < 4.78 is 7.86. The number of nitrogens with one attached hydrogen (secondary N) is 2. The van der Waals surface area contributed by atoms with Crippen molar-refractivity contribution in [2.24, 2.45) is 13.0 Å². The normalized spacial score (nSPS) is 13.9. The average Bonchev–Trinajstić information content (AvgIpc) is 3.20. The van der Waals surface area contributed by atoms with Gasteiger partial charge in [-0.05, 0) is 49.9 Å². The highest BCUT2D eigenvalue weighted by atomic mass is 16.5. The minimum absolute atomic E-state index is 0.0344. The molecule has 3 heterocycles. The van der Waals surface area contributed by atoms with Crippen molar-refractivity contribution in [3.63, 3.8) is 0 Å². The molecule has 0 saturated heterocycles. The second-order valence-corrected chi connectivity index (χ2v) is 7.63. The summed E-state index contributed by atoms with van der Waals surface area (Å²) in [6.07, 6.45) is 6.16. The fourth-order valence-corrected chi connectivity index (χ4v) is 3.57. The van der Waals surface area contributed by atoms with E-state index in [0.29, 0.717) is 11.4 Å². The summed E-state index contributed by atoms with van der Waals surface area (Å²) in [5.41, 5.74) is 5.46. The molecule has 1 aliphatic carbocycles. The third-order valence-corrected chi connectivity index (χ3v) is 5.34. The summed E-state index contributed by atoms with van der Waals surface area (Å²) in [5.74, 6) is 1.47. The quantitative estimate of drug-likeness (QED) is 0.554. The predicted molar refractivity (Wildman–Crippen MR) is 110 cm³/mol. The second kappa shape index (κ2) is 6.41. The van der Waals surface area contributed by atoms with Crippen LogP contribution in [-0.2, 0) is 7.05 Å². The summed E-state index contributed by atoms with van der Waals surface area (Å²) in [6.45, 7) is 2.71. The number of aryl methyl sites for hydroxylation is 2. The zero-order valence-corrected chi connectivity index (χ0v) is 16.0. The Kier molecular flexibility index (Phi) is 3.86. The minimum Gasteiger partial charge on any atom is -0.493 e. The van der Waals surface area contributed by atoms with Gasteiger partial charge in [-0.3, -0.25) is 9.89 Å². The molecule has 28 heavy (non-hydrogen) atoms. The highest BCUT2D eigenvalue weighted by Crippen LogP contribution is 2.38. The zero-order valence-electron chi connectivity index (χ0n) is 16.0. The van der Waals surface area contributed by atoms with Gasteiger partial charge in [-0.25, -0.2) is 0 Å². The molecule has 6 heteroatoms. The van der Waals surface area contributed by atoms with Crippen molar-refractivity contribution in [3.05, 3.63) is 58.8 Å². The van der Waals surface area contributed by atoms with E-state index in [9.17, 15) is 4.79 Å². The van der Waals surface area contributed by atoms with E-state index < -0.39 is 0 Å². The lowest BCUT2D eigenvalue weighted by Crippen LogP contribution is -2.16. The molecule has 0 amide bonds. The maximum Gasteiger partial charge on any atom is 0.274 e. The summed E-state index contributed by atoms with van der Waals surface area (Å²) in [6, 6.07) is 10.1. The number of rotatable bonds is 5. The van der Waals surface area contributed by atoms with Gasteiger partial charge in [0.15, 0.2) is 0 Å². The number of ether oxygens (including phenoxy) is 1. The molecule has 2 N–H and O–H groups in total. The molecule has 4 aromatic rings. The standard InChI is InChI=1S/C22H22N4O2/c1-13-9-19(25-24-13)15-5-6-16(20(10-15)28-12-14-3-4-14)18-11-26(2)22(27)21-17(18)7-8-23-21/h5-11,14,23H,3-4,12H2,1-2H3,(H,24,25). The minimum atomic E-state index is -0.0344. The van der Waals surface area contributed by atoms with E-state index in [0.717, 1.165) is 45.8 Å². The van der Waals surface area contributed by atoms with Gasteiger partial charge in [0.25, 0.3) is 5.56 Å². The number of benzene rings is 1. The van der Waals surface area contributed by atoms with Crippen LogP contribution in [0.5, 0.6) is 5.75 Å². The smallest absolute Gasteiger partial charge is 0.274 e. The molecule has 1 saturated carbocycles. The number of hydrogen-bond donors (Lipinski definition) is 2. The average molecular weight is 374 g/mol. The van der Waals surface area contributed by atoms with Crippen molar-refractivity contribution < 1.29 is 4.74 Å². The Labute approximate surface area is 162 Å². The number of aromatic amines is 2. The number of fused-ring (bicyclic) bond motifs is 1. The van der Waals surface area contributed by atoms with E-state index in [1.165, 1.54) is 12.8 Å². The first kappa shape index (κ1) is 16.9. The van der Waals surface area contributed by atoms with Gasteiger partial charge in [0.2, 0.25) is 0 Å². The third-order valence-electron chi connectivity index (χ3n) is 5.34. The van der Waals surface area contributed by atoms with Crippen LogP contribution in [0.4, 0.5) is 0 Å². The lowest BCUT2D eigenvalue weighted by molar-refractivity contribution is 0.301. The molecule has 0 bridgehead atoms. The van der Waals surface area contributed by atoms with Crippen molar-refractivity contribution in [3.8, 4) is 28.1 Å². The SMILES string of the molecule is Cc1cc(-c2ccc(-c3cn(C)c(=O)c4[nH]ccc34)c(OCC3CC3)c2)n[nH]1. The van der Waals surface area contributed by atoms with E-state index in [4.69, 9.17) is 4.74 Å². The van der Waals surface area contributed by atoms with Crippen LogP contribution >= 0.6 is 0 Å². The van der Waals surface area contributed by atoms with Gasteiger partial charge in [0.1, 0.15) is 11.3 Å². The van der Waals surface area contributed by atoms with Gasteiger partial charge in [-0.15, -0.1) is 0 Å². The summed E-state index contributed by atoms with van der Waals surface area (Å²) in [7, 11) is 1.78. The molecule has 1 fully saturated rings. The van der Waals surface area contributed by atoms with Gasteiger partial charge < -0.3 is 14.3 Å². The lowest BCUT2D eigenvalue weighted by atomic mass is 10.00. The maximum absolute atomic E-state index is 12.4. The first-order valence-corrected chi connectivity index (χ1v) is 9.56. The monoisotopic (exact) mass is 374 g/mol. The first-order valence-electron chi connectivity index (χ1n) is 9.56. The largest absolute Gasteiger partial charge is 0.493 e. The Morgan fingerprint density at radius 1 is 1.21 bits per heavy atom. The van der Waals surface area contributed by atoms with Crippen molar-refractivity contribution in [2.45, 2.75) is 19.8 Å². The molecule has 5 rings (SSSR count). The molecule has 0 spiro atoms. The van der Waals surface area contributed by atoms with Crippen molar-refractivity contribution >= 4 is 10.9 Å². The first-order chi connectivity index (χ1) is 13.6. The van der Waals surface area contributed by atoms with E-state index >= 15 is 0 Å². The number of H-pyrrole nitrogens is 2. The summed E-state index contributed by atoms with van der Waals surface area (Å²) >= 11 is 0. The topological polar surface area (TPSA) is 75.7 Å². The number of nitrogens with zero attached hydrogens (tertiary/aromatic N) is 2. The van der Waals surface area contributed by atoms with E-state index in [2.05, 4.69) is 33.4 Å². The van der Waals surface area contributed by atoms with Crippen molar-refractivity contribution in [1.29, 1.82) is 0 Å². The zero-order chi connectivity index (χ0) is 19.3. The number of hydrogen-bond acceptors (Lipinski definition) is 3. The molecule has 142 valence electrons. The number of aromatic nitrogens is 4. The molecule has 3 aromatic heterocycles. The van der Waals surface area contributed by atoms with Crippen LogP contribution in [0.15, 0.2) is 47.5 Å². The van der Waals surface area contributed by atoms with Crippen LogP contribution in [0.25, 0.3) is 33.3 Å². The van der Waals surface area contributed by atoms with Crippen LogP contribution in [0, 0.1) is 12.8 Å². The highest BCUT2D eigenvalue weighted by Gasteiger charge is 2.23. The van der Waals surface area contributed by atoms with Gasteiger partial charge in [-0.1, -0.05) is 6.07 Å². The summed E-state index contributed by atoms with van der Waals surface area (Å²) in [5, 5.41) is 8.27. The van der Waals surface area contributed by atoms with Crippen LogP contribution in [0.2, 0.25) is 0 Å². The molecule has 1 aliphatic rings. The van der Waals surface area contributed by atoms with Crippen LogP contribution in [0.3, 0.4) is 0 Å². The molecule has 0 aliphatic heterocycles. The summed E-state index contributed by atoms with van der Waals surface area (Å²) in [4.78, 5) is 15.5. The molecule has 0 unspecified atom stereocenters. The van der Waals surface area contributed by atoms with E-state index in [1.54, 1.807) is 17.8 Å². The van der Waals surface area contributed by atoms with Crippen LogP contribution in [0.1, 0.15) is 18.5 Å². The molecular formula is C22H22N4O2. The Morgan fingerprint density at radius 2 is 2.07 bits per heavy atom. The Hall–Kier alpha value is -3.28. The Bertz CT molecular complexity index is 1230. The van der Waals surface area contributed by atoms with Crippen molar-refractivity contribution in [1.82, 2.24) is 19.7 Å². The van der Waals surface area contributed by atoms with Gasteiger partial charge in [0, 0.05) is 47.2 Å². The Balaban J connectivity index is 1.67. The van der Waals surface area contributed by atoms with Gasteiger partial charge in [0.05, 0.1) is 12.3 Å². The predicted octanol–water partition coefficient (Wildman–Crippen LogP) is 4.02. The number of pyridine rings is 1. The molecule has 6 nitrogen and oxygen atoms in total. The maximum atomic E-state index is 12.4. The van der Waals surface area contributed by atoms with Crippen LogP contribution < -0.4 is 10.3 Å². The second-order valence-electron chi connectivity index (χ2n) is 7.63. The molecule has 0 atom stereocenters. The van der Waals surface area contributed by atoms with Gasteiger partial charge >= 0.3 is 0 Å². The fourth-order valence-electron chi connectivity index (χ4n) is 3.57. The lowest BCUT2D eigenvalue weighted by Gasteiger charge is -2.14. The van der Waals surface area contributed by atoms with Crippen LogP contribution in [-0.4, -0.2) is 26.4 Å². The Morgan fingerprint density at radius 3 is 2.82 bits per heavy atom. The van der Waals surface area contributed by atoms with Crippen molar-refractivity contribution in [2.75, 3.05) is 6.61 Å². The van der Waals surface area contributed by atoms with E-state index in [1.807, 2.05) is 25.3 Å².